The van der Waals surface area contributed by atoms with Gasteiger partial charge in [0.2, 0.25) is 0 Å². The fourth-order valence-electron chi connectivity index (χ4n) is 2.74. The van der Waals surface area contributed by atoms with Crippen LogP contribution in [0.15, 0.2) is 11.3 Å². The summed E-state index contributed by atoms with van der Waals surface area (Å²) in [6, 6.07) is 0. The minimum absolute atomic E-state index is 0.255. The number of rotatable bonds is 5. The third kappa shape index (κ3) is 3.48. The summed E-state index contributed by atoms with van der Waals surface area (Å²) < 4.78 is 21.9. The van der Waals surface area contributed by atoms with Crippen molar-refractivity contribution >= 4 is 20.0 Å². The summed E-state index contributed by atoms with van der Waals surface area (Å²) in [5, 5.41) is 30.4. The van der Waals surface area contributed by atoms with Gasteiger partial charge in [-0.25, -0.2) is 14.5 Å². The molecule has 1 aromatic heterocycles. The van der Waals surface area contributed by atoms with E-state index in [1.54, 1.807) is 4.90 Å². The second kappa shape index (κ2) is 6.74. The molecule has 0 saturated carbocycles. The number of hydrogen-bond acceptors (Lipinski definition) is 9. The summed E-state index contributed by atoms with van der Waals surface area (Å²) in [5.74, 6) is 0.255. The summed E-state index contributed by atoms with van der Waals surface area (Å²) in [6.07, 6.45) is -3.37. The van der Waals surface area contributed by atoms with Crippen molar-refractivity contribution in [3.8, 4) is 0 Å². The van der Waals surface area contributed by atoms with Gasteiger partial charge < -0.3 is 34.7 Å². The van der Waals surface area contributed by atoms with Crippen LogP contribution in [0.25, 0.3) is 0 Å². The zero-order chi connectivity index (χ0) is 18.4. The number of aliphatic hydroxyl groups excluding tert-OH is 3. The van der Waals surface area contributed by atoms with Crippen LogP contribution in [0.5, 0.6) is 0 Å². The number of nitrogens with zero attached hydrogens (tertiary/aromatic N) is 4. The predicted molar refractivity (Wildman–Crippen MR) is 81.6 cm³/mol. The highest BCUT2D eigenvalue weighted by Gasteiger charge is 2.46. The molecule has 2 aliphatic heterocycles. The largest absolute Gasteiger partial charge is 0.469 e. The minimum atomic E-state index is -4.74. The topological polar surface area (TPSA) is 170 Å². The van der Waals surface area contributed by atoms with Gasteiger partial charge in [-0.2, -0.15) is 0 Å². The first kappa shape index (κ1) is 18.4. The van der Waals surface area contributed by atoms with Gasteiger partial charge in [-0.15, -0.1) is 0 Å². The minimum Gasteiger partial charge on any atom is -0.387 e. The molecule has 0 aliphatic carbocycles. The van der Waals surface area contributed by atoms with E-state index >= 15 is 0 Å². The quantitative estimate of drug-likeness (QED) is 0.384. The molecule has 1 aromatic rings. The van der Waals surface area contributed by atoms with E-state index in [0.717, 1.165) is 0 Å². The van der Waals surface area contributed by atoms with E-state index < -0.39 is 45.2 Å². The Balaban J connectivity index is 1.80. The highest BCUT2D eigenvalue weighted by atomic mass is 31.2. The molecule has 1 fully saturated rings. The number of fused-ring (bicyclic) bond motifs is 1. The van der Waals surface area contributed by atoms with Gasteiger partial charge in [0.1, 0.15) is 24.0 Å². The molecule has 25 heavy (non-hydrogen) atoms. The number of aromatic nitrogens is 2. The Morgan fingerprint density at radius 1 is 1.32 bits per heavy atom. The highest BCUT2D eigenvalue weighted by molar-refractivity contribution is 7.46. The molecule has 0 bridgehead atoms. The Bertz CT molecular complexity index is 705. The molecule has 5 N–H and O–H groups in total. The Morgan fingerprint density at radius 3 is 2.68 bits per heavy atom. The molecule has 0 amide bonds. The van der Waals surface area contributed by atoms with Crippen molar-refractivity contribution in [3.63, 3.8) is 0 Å². The third-order valence-electron chi connectivity index (χ3n) is 4.07. The van der Waals surface area contributed by atoms with Crippen molar-refractivity contribution in [1.82, 2.24) is 14.5 Å². The van der Waals surface area contributed by atoms with Gasteiger partial charge in [0.25, 0.3) is 0 Å². The zero-order valence-corrected chi connectivity index (χ0v) is 14.0. The lowest BCUT2D eigenvalue weighted by Gasteiger charge is -2.27. The number of aliphatic hydroxyl groups is 3. The summed E-state index contributed by atoms with van der Waals surface area (Å²) >= 11 is 0. The monoisotopic (exact) mass is 378 g/mol. The number of aliphatic imine (C=N–C) groups is 1. The summed E-state index contributed by atoms with van der Waals surface area (Å²) in [4.78, 5) is 27.3. The van der Waals surface area contributed by atoms with Crippen molar-refractivity contribution in [1.29, 1.82) is 0 Å². The fraction of sp³-hybridized carbons (Fsp3) is 0.667. The van der Waals surface area contributed by atoms with E-state index in [0.29, 0.717) is 6.54 Å². The molecule has 3 heterocycles. The van der Waals surface area contributed by atoms with Gasteiger partial charge in [0.15, 0.2) is 18.3 Å². The molecule has 1 saturated heterocycles. The van der Waals surface area contributed by atoms with Crippen LogP contribution in [0.1, 0.15) is 25.1 Å². The van der Waals surface area contributed by atoms with Gasteiger partial charge in [-0.3, -0.25) is 9.09 Å². The lowest BCUT2D eigenvalue weighted by molar-refractivity contribution is -0.0515. The van der Waals surface area contributed by atoms with Crippen molar-refractivity contribution in [2.45, 2.75) is 37.7 Å². The van der Waals surface area contributed by atoms with Crippen LogP contribution in [0.3, 0.4) is 0 Å². The molecule has 3 rings (SSSR count). The average molecular weight is 378 g/mol. The van der Waals surface area contributed by atoms with E-state index in [-0.39, 0.29) is 11.5 Å². The predicted octanol–water partition coefficient (Wildman–Crippen LogP) is -1.40. The fourth-order valence-corrected chi connectivity index (χ4v) is 3.08. The summed E-state index contributed by atoms with van der Waals surface area (Å²) in [7, 11) is -4.74. The lowest BCUT2D eigenvalue weighted by Crippen LogP contribution is -2.33. The van der Waals surface area contributed by atoms with Crippen LogP contribution in [0.2, 0.25) is 0 Å². The van der Waals surface area contributed by atoms with Gasteiger partial charge in [0, 0.05) is 6.54 Å². The Morgan fingerprint density at radius 2 is 2.04 bits per heavy atom. The molecule has 140 valence electrons. The van der Waals surface area contributed by atoms with Gasteiger partial charge in [-0.05, 0) is 6.92 Å². The van der Waals surface area contributed by atoms with Crippen molar-refractivity contribution in [3.05, 3.63) is 12.0 Å². The maximum Gasteiger partial charge on any atom is 0.469 e. The van der Waals surface area contributed by atoms with Crippen molar-refractivity contribution < 1.29 is 38.9 Å². The van der Waals surface area contributed by atoms with Crippen LogP contribution in [-0.4, -0.2) is 77.4 Å². The zero-order valence-electron chi connectivity index (χ0n) is 13.2. The first-order chi connectivity index (χ1) is 11.7. The molecular formula is C12H19N4O8P. The molecule has 13 heteroatoms. The van der Waals surface area contributed by atoms with Gasteiger partial charge in [-0.1, -0.05) is 0 Å². The molecule has 2 aliphatic rings. The second-order valence-electron chi connectivity index (χ2n) is 5.64. The van der Waals surface area contributed by atoms with Gasteiger partial charge in [0.05, 0.1) is 19.3 Å². The van der Waals surface area contributed by atoms with Crippen LogP contribution in [0.4, 0.5) is 5.82 Å². The maximum atomic E-state index is 10.8. The molecule has 3 unspecified atom stereocenters. The molecule has 0 spiro atoms. The van der Waals surface area contributed by atoms with Crippen LogP contribution in [-0.2, 0) is 13.8 Å². The van der Waals surface area contributed by atoms with Crippen LogP contribution >= 0.6 is 7.82 Å². The Labute approximate surface area is 142 Å². The number of phosphoric acid groups is 1. The average Bonchev–Trinajstić information content (AvgIpc) is 3.09. The van der Waals surface area contributed by atoms with Crippen LogP contribution < -0.4 is 0 Å². The lowest BCUT2D eigenvalue weighted by atomic mass is 10.1. The van der Waals surface area contributed by atoms with Crippen molar-refractivity contribution in [2.75, 3.05) is 13.2 Å². The van der Waals surface area contributed by atoms with E-state index in [2.05, 4.69) is 14.5 Å². The van der Waals surface area contributed by atoms with E-state index in [1.165, 1.54) is 17.2 Å². The van der Waals surface area contributed by atoms with E-state index in [4.69, 9.17) is 14.5 Å². The molecule has 0 aromatic carbocycles. The second-order valence-corrected chi connectivity index (χ2v) is 6.88. The number of hydrogen-bond donors (Lipinski definition) is 5. The van der Waals surface area contributed by atoms with Crippen LogP contribution in [0, 0.1) is 0 Å². The maximum absolute atomic E-state index is 10.8. The molecule has 0 radical (unpaired) electrons. The standard InChI is InChI=1S/C12H19N4O8P/c1-2-15-4-14-10-7(11(15)19)13-5-16(10)12-9(18)8(17)6(24-12)3-23-25(20,21)22/h4-6,8-9,11-12,17-19H,2-3H2,1H3,(H2,20,21,22)/t6-,8?,9?,11?,12-/m1/s1. The normalized spacial score (nSPS) is 32.2. The van der Waals surface area contributed by atoms with E-state index in [9.17, 15) is 19.9 Å². The Hall–Kier alpha value is -1.37. The molecular weight excluding hydrogens is 359 g/mol. The number of ether oxygens (including phenoxy) is 1. The number of imidazole rings is 1. The third-order valence-corrected chi connectivity index (χ3v) is 4.55. The van der Waals surface area contributed by atoms with E-state index in [1.807, 2.05) is 6.92 Å². The first-order valence-corrected chi connectivity index (χ1v) is 9.02. The summed E-state index contributed by atoms with van der Waals surface area (Å²) in [6.45, 7) is 1.74. The Kier molecular flexibility index (Phi) is 4.97. The number of phosphoric ester groups is 1. The first-order valence-electron chi connectivity index (χ1n) is 7.49. The molecule has 12 nitrogen and oxygen atoms in total. The highest BCUT2D eigenvalue weighted by Crippen LogP contribution is 2.40. The summed E-state index contributed by atoms with van der Waals surface area (Å²) in [5.41, 5.74) is 0.268. The van der Waals surface area contributed by atoms with Gasteiger partial charge >= 0.3 is 7.82 Å². The molecule has 5 atom stereocenters. The van der Waals surface area contributed by atoms with Crippen molar-refractivity contribution in [2.24, 2.45) is 4.99 Å². The smallest absolute Gasteiger partial charge is 0.387 e. The SMILES string of the molecule is CCN1C=Nc2c(ncn2[C@@H]2O[C@H](COP(=O)(O)O)C(O)C2O)C1O.